The summed E-state index contributed by atoms with van der Waals surface area (Å²) in [5, 5.41) is 6.90. The van der Waals surface area contributed by atoms with Crippen LogP contribution in [0.3, 0.4) is 0 Å². The number of pyridine rings is 1. The first-order valence-electron chi connectivity index (χ1n) is 11.9. The van der Waals surface area contributed by atoms with Crippen molar-refractivity contribution in [2.45, 2.75) is 44.0 Å². The lowest BCUT2D eigenvalue weighted by atomic mass is 9.97. The molecule has 4 heterocycles. The Morgan fingerprint density at radius 1 is 1.18 bits per heavy atom. The number of hydrogen-bond acceptors (Lipinski definition) is 6. The van der Waals surface area contributed by atoms with E-state index >= 15 is 0 Å². The molecule has 1 unspecified atom stereocenters. The summed E-state index contributed by atoms with van der Waals surface area (Å²) in [6.07, 6.45) is -2.92. The molecule has 2 aliphatic rings. The van der Waals surface area contributed by atoms with Gasteiger partial charge in [0, 0.05) is 47.0 Å². The number of carbonyl (C=O) groups is 1. The van der Waals surface area contributed by atoms with E-state index in [1.807, 2.05) is 5.38 Å². The summed E-state index contributed by atoms with van der Waals surface area (Å²) in [7, 11) is 0. The van der Waals surface area contributed by atoms with Crippen molar-refractivity contribution < 1.29 is 27.2 Å². The van der Waals surface area contributed by atoms with Crippen LogP contribution in [0.25, 0.3) is 0 Å². The zero-order chi connectivity index (χ0) is 27.9. The Labute approximate surface area is 240 Å². The van der Waals surface area contributed by atoms with Gasteiger partial charge in [0.15, 0.2) is 6.10 Å². The highest BCUT2D eigenvalue weighted by atomic mass is 79.9. The molecule has 1 fully saturated rings. The van der Waals surface area contributed by atoms with E-state index in [1.165, 1.54) is 17.4 Å². The van der Waals surface area contributed by atoms with Crippen LogP contribution in [0.5, 0.6) is 0 Å². The number of oxime groups is 1. The van der Waals surface area contributed by atoms with Gasteiger partial charge in [0.25, 0.3) is 5.56 Å². The molecule has 1 amide bonds. The van der Waals surface area contributed by atoms with E-state index in [2.05, 4.69) is 37.0 Å². The highest BCUT2D eigenvalue weighted by Crippen LogP contribution is 2.37. The Balaban J connectivity index is 1.19. The standard InChI is InChI=1S/C25H20Br2F4N4O3S/c26-15-2-1-3-17(28)22(15)20-9-18(33-38-20)19-12-39-23(32-19)13-4-6-34(7-5-13)21(36)11-35-10-14(25(29,30)31)8-16(27)24(35)37/h1-3,8,10,12-13,20H,4-7,9,11H2. The highest BCUT2D eigenvalue weighted by Gasteiger charge is 2.33. The van der Waals surface area contributed by atoms with Crippen LogP contribution in [-0.4, -0.2) is 39.2 Å². The molecular formula is C25H20Br2F4N4O3S. The van der Waals surface area contributed by atoms with E-state index in [9.17, 15) is 27.2 Å². The van der Waals surface area contributed by atoms with Crippen LogP contribution >= 0.6 is 43.2 Å². The first kappa shape index (κ1) is 28.0. The number of nitrogens with zero attached hydrogens (tertiary/aromatic N) is 4. The number of alkyl halides is 3. The van der Waals surface area contributed by atoms with Crippen LogP contribution < -0.4 is 5.56 Å². The van der Waals surface area contributed by atoms with Crippen molar-refractivity contribution in [1.82, 2.24) is 14.5 Å². The Hall–Kier alpha value is -2.58. The van der Waals surface area contributed by atoms with Gasteiger partial charge in [-0.3, -0.25) is 9.59 Å². The Kier molecular flexibility index (Phi) is 7.98. The molecular weight excluding hydrogens is 672 g/mol. The van der Waals surface area contributed by atoms with E-state index < -0.39 is 35.9 Å². The number of benzene rings is 1. The van der Waals surface area contributed by atoms with Gasteiger partial charge in [-0.1, -0.05) is 27.2 Å². The second kappa shape index (κ2) is 11.1. The third kappa shape index (κ3) is 5.97. The molecule has 0 saturated carbocycles. The summed E-state index contributed by atoms with van der Waals surface area (Å²) in [4.78, 5) is 36.9. The van der Waals surface area contributed by atoms with Crippen molar-refractivity contribution in [3.05, 3.63) is 82.8 Å². The van der Waals surface area contributed by atoms with Gasteiger partial charge >= 0.3 is 6.18 Å². The third-order valence-corrected chi connectivity index (χ3v) is 8.95. The first-order valence-corrected chi connectivity index (χ1v) is 14.3. The molecule has 3 aromatic rings. The van der Waals surface area contributed by atoms with Gasteiger partial charge in [0.05, 0.1) is 20.7 Å². The molecule has 7 nitrogen and oxygen atoms in total. The van der Waals surface area contributed by atoms with Crippen LogP contribution in [-0.2, 0) is 22.4 Å². The minimum Gasteiger partial charge on any atom is -0.387 e. The molecule has 1 saturated heterocycles. The number of thiazole rings is 1. The van der Waals surface area contributed by atoms with Crippen LogP contribution in [0.4, 0.5) is 17.6 Å². The number of likely N-dealkylation sites (tertiary alicyclic amines) is 1. The topological polar surface area (TPSA) is 76.8 Å². The SMILES string of the molecule is O=C(Cn1cc(C(F)(F)F)cc(Br)c1=O)N1CCC(c2nc(C3=NOC(c4c(F)cccc4Br)C3)cs2)CC1. The molecule has 0 aliphatic carbocycles. The monoisotopic (exact) mass is 690 g/mol. The molecule has 1 aromatic carbocycles. The molecule has 2 aromatic heterocycles. The lowest BCUT2D eigenvalue weighted by Crippen LogP contribution is -2.41. The Morgan fingerprint density at radius 3 is 2.62 bits per heavy atom. The van der Waals surface area contributed by atoms with Gasteiger partial charge in [-0.15, -0.1) is 11.3 Å². The fourth-order valence-corrected chi connectivity index (χ4v) is 6.67. The third-order valence-electron chi connectivity index (χ3n) is 6.68. The predicted octanol–water partition coefficient (Wildman–Crippen LogP) is 6.26. The second-order valence-corrected chi connectivity index (χ2v) is 11.8. The van der Waals surface area contributed by atoms with E-state index in [1.54, 1.807) is 17.0 Å². The molecule has 0 N–H and O–H groups in total. The Bertz CT molecular complexity index is 1480. The van der Waals surface area contributed by atoms with Crippen LogP contribution in [0, 0.1) is 5.82 Å². The molecule has 206 valence electrons. The average molecular weight is 692 g/mol. The molecule has 39 heavy (non-hydrogen) atoms. The van der Waals surface area contributed by atoms with Gasteiger partial charge in [-0.2, -0.15) is 13.2 Å². The largest absolute Gasteiger partial charge is 0.417 e. The number of hydrogen-bond donors (Lipinski definition) is 0. The van der Waals surface area contributed by atoms with Crippen LogP contribution in [0.2, 0.25) is 0 Å². The van der Waals surface area contributed by atoms with Crippen LogP contribution in [0.1, 0.15) is 53.1 Å². The number of amides is 1. The summed E-state index contributed by atoms with van der Waals surface area (Å²) >= 11 is 7.70. The molecule has 1 atom stereocenters. The first-order chi connectivity index (χ1) is 18.5. The van der Waals surface area contributed by atoms with Gasteiger partial charge in [0.1, 0.15) is 18.1 Å². The summed E-state index contributed by atoms with van der Waals surface area (Å²) in [5.74, 6) is -0.710. The van der Waals surface area contributed by atoms with Crippen molar-refractivity contribution in [2.24, 2.45) is 5.16 Å². The fourth-order valence-electron chi connectivity index (χ4n) is 4.60. The fraction of sp³-hybridized carbons (Fsp3) is 0.360. The molecule has 0 radical (unpaired) electrons. The summed E-state index contributed by atoms with van der Waals surface area (Å²) < 4.78 is 54.9. The maximum atomic E-state index is 14.3. The minimum absolute atomic E-state index is 0.0951. The normalized spacial score (nSPS) is 18.3. The second-order valence-electron chi connectivity index (χ2n) is 9.21. The quantitative estimate of drug-likeness (QED) is 0.296. The molecule has 14 heteroatoms. The van der Waals surface area contributed by atoms with E-state index in [0.717, 1.165) is 9.57 Å². The highest BCUT2D eigenvalue weighted by molar-refractivity contribution is 9.10. The van der Waals surface area contributed by atoms with Gasteiger partial charge < -0.3 is 14.3 Å². The lowest BCUT2D eigenvalue weighted by Gasteiger charge is -2.31. The van der Waals surface area contributed by atoms with E-state index in [0.29, 0.717) is 66.1 Å². The average Bonchev–Trinajstić information content (AvgIpc) is 3.56. The Morgan fingerprint density at radius 2 is 1.92 bits per heavy atom. The van der Waals surface area contributed by atoms with Crippen molar-refractivity contribution in [1.29, 1.82) is 0 Å². The number of aromatic nitrogens is 2. The smallest absolute Gasteiger partial charge is 0.387 e. The van der Waals surface area contributed by atoms with Crippen molar-refractivity contribution in [3.8, 4) is 0 Å². The summed E-state index contributed by atoms with van der Waals surface area (Å²) in [6.45, 7) is 0.300. The molecule has 0 bridgehead atoms. The minimum atomic E-state index is -4.64. The van der Waals surface area contributed by atoms with E-state index in [4.69, 9.17) is 9.82 Å². The van der Waals surface area contributed by atoms with Gasteiger partial charge in [-0.25, -0.2) is 9.37 Å². The molecule has 5 rings (SSSR count). The zero-order valence-corrected chi connectivity index (χ0v) is 24.0. The maximum Gasteiger partial charge on any atom is 0.417 e. The lowest BCUT2D eigenvalue weighted by molar-refractivity contribution is -0.139. The summed E-state index contributed by atoms with van der Waals surface area (Å²) in [6, 6.07) is 5.43. The number of rotatable bonds is 5. The maximum absolute atomic E-state index is 14.3. The van der Waals surface area contributed by atoms with Crippen molar-refractivity contribution in [3.63, 3.8) is 0 Å². The van der Waals surface area contributed by atoms with Crippen LogP contribution in [0.15, 0.2) is 54.7 Å². The number of carbonyl (C=O) groups excluding carboxylic acids is 1. The van der Waals surface area contributed by atoms with E-state index in [-0.39, 0.29) is 16.2 Å². The van der Waals surface area contributed by atoms with Gasteiger partial charge in [-0.05, 0) is 47.0 Å². The number of piperidine rings is 1. The van der Waals surface area contributed by atoms with Gasteiger partial charge in [0.2, 0.25) is 5.91 Å². The zero-order valence-electron chi connectivity index (χ0n) is 20.1. The number of halogens is 6. The van der Waals surface area contributed by atoms with Crippen molar-refractivity contribution >= 4 is 54.8 Å². The molecule has 0 spiro atoms. The molecule has 2 aliphatic heterocycles. The van der Waals surface area contributed by atoms with Crippen molar-refractivity contribution in [2.75, 3.05) is 13.1 Å². The summed E-state index contributed by atoms with van der Waals surface area (Å²) in [5.41, 5.74) is -0.0143. The predicted molar refractivity (Wildman–Crippen MR) is 143 cm³/mol.